The topological polar surface area (TPSA) is 36.9 Å². The lowest BCUT2D eigenvalue weighted by Crippen LogP contribution is -2.41. The van der Waals surface area contributed by atoms with Crippen LogP contribution in [-0.4, -0.2) is 36.6 Å². The SMILES string of the molecule is CC1CC=CC2=C1CC1(C2)c2cc(B3OC(C)(C)C(C)(C)O3)ccc2-c2ccc(B3OC(C)(C)C(C)(C)O3)cc21. The Morgan fingerprint density at radius 2 is 1.10 bits per heavy atom. The van der Waals surface area contributed by atoms with Gasteiger partial charge in [0.15, 0.2) is 0 Å². The molecule has 2 aromatic carbocycles. The Kier molecular flexibility index (Phi) is 5.52. The minimum atomic E-state index is -0.376. The van der Waals surface area contributed by atoms with E-state index < -0.39 is 0 Å². The summed E-state index contributed by atoms with van der Waals surface area (Å²) in [6.45, 7) is 19.4. The third-order valence-electron chi connectivity index (χ3n) is 11.3. The zero-order valence-corrected chi connectivity index (χ0v) is 25.6. The third kappa shape index (κ3) is 3.62. The van der Waals surface area contributed by atoms with E-state index in [-0.39, 0.29) is 42.1 Å². The summed E-state index contributed by atoms with van der Waals surface area (Å²) in [6, 6.07) is 13.8. The molecule has 1 atom stereocenters. The van der Waals surface area contributed by atoms with Crippen LogP contribution in [-0.2, 0) is 24.0 Å². The molecular weight excluding hydrogens is 494 g/mol. The Balaban J connectivity index is 1.34. The van der Waals surface area contributed by atoms with Crippen molar-refractivity contribution < 1.29 is 18.6 Å². The number of rotatable bonds is 2. The maximum atomic E-state index is 6.50. The van der Waals surface area contributed by atoms with Crippen LogP contribution in [0.25, 0.3) is 11.1 Å². The Bertz CT molecular complexity index is 1360. The van der Waals surface area contributed by atoms with Gasteiger partial charge in [-0.05, 0) is 119 Å². The van der Waals surface area contributed by atoms with Gasteiger partial charge >= 0.3 is 14.2 Å². The van der Waals surface area contributed by atoms with Crippen LogP contribution in [0.1, 0.15) is 92.7 Å². The molecular formula is C34H42B2O4. The van der Waals surface area contributed by atoms with Crippen LogP contribution in [0, 0.1) is 5.92 Å². The summed E-state index contributed by atoms with van der Waals surface area (Å²) in [5, 5.41) is 0. The Morgan fingerprint density at radius 1 is 0.650 bits per heavy atom. The highest BCUT2D eigenvalue weighted by Crippen LogP contribution is 2.60. The highest BCUT2D eigenvalue weighted by atomic mass is 16.7. The number of fused-ring (bicyclic) bond motifs is 5. The Labute approximate surface area is 240 Å². The molecule has 2 heterocycles. The molecule has 0 amide bonds. The van der Waals surface area contributed by atoms with Crippen molar-refractivity contribution in [2.24, 2.45) is 5.92 Å². The molecule has 2 fully saturated rings. The fourth-order valence-corrected chi connectivity index (χ4v) is 7.32. The van der Waals surface area contributed by atoms with Crippen LogP contribution >= 0.6 is 0 Å². The first-order valence-electron chi connectivity index (χ1n) is 15.0. The van der Waals surface area contributed by atoms with Crippen LogP contribution in [0.5, 0.6) is 0 Å². The first-order valence-corrected chi connectivity index (χ1v) is 15.0. The van der Waals surface area contributed by atoms with E-state index in [1.54, 1.807) is 5.57 Å². The smallest absolute Gasteiger partial charge is 0.399 e. The van der Waals surface area contributed by atoms with Gasteiger partial charge in [-0.15, -0.1) is 0 Å². The average Bonchev–Trinajstić information content (AvgIpc) is 3.52. The van der Waals surface area contributed by atoms with Gasteiger partial charge in [-0.25, -0.2) is 0 Å². The summed E-state index contributed by atoms with van der Waals surface area (Å²) >= 11 is 0. The maximum Gasteiger partial charge on any atom is 0.494 e. The quantitative estimate of drug-likeness (QED) is 0.426. The van der Waals surface area contributed by atoms with E-state index in [0.29, 0.717) is 5.92 Å². The highest BCUT2D eigenvalue weighted by Gasteiger charge is 2.55. The molecule has 2 saturated heterocycles. The Morgan fingerprint density at radius 3 is 1.52 bits per heavy atom. The standard InChI is InChI=1S/C34H42B2O4/c1-21-11-10-12-22-19-34(20-27(21)22)28-17-23(35-37-30(2,3)31(4,5)38-35)13-15-25(28)26-16-14-24(18-29(26)34)36-39-32(6,7)33(8,9)40-36/h10,12-18,21H,11,19-20H2,1-9H3. The molecule has 0 N–H and O–H groups in total. The number of allylic oxidation sites excluding steroid dienone is 4. The molecule has 0 bridgehead atoms. The highest BCUT2D eigenvalue weighted by molar-refractivity contribution is 6.62. The van der Waals surface area contributed by atoms with E-state index in [0.717, 1.165) is 30.2 Å². The van der Waals surface area contributed by atoms with Crippen LogP contribution < -0.4 is 10.9 Å². The van der Waals surface area contributed by atoms with Crippen LogP contribution in [0.15, 0.2) is 59.7 Å². The van der Waals surface area contributed by atoms with Gasteiger partial charge in [-0.2, -0.15) is 0 Å². The predicted molar refractivity (Wildman–Crippen MR) is 163 cm³/mol. The zero-order valence-electron chi connectivity index (χ0n) is 25.6. The molecule has 208 valence electrons. The van der Waals surface area contributed by atoms with Gasteiger partial charge in [-0.3, -0.25) is 0 Å². The van der Waals surface area contributed by atoms with Crippen molar-refractivity contribution in [2.75, 3.05) is 0 Å². The van der Waals surface area contributed by atoms with Gasteiger partial charge in [0, 0.05) is 5.41 Å². The van der Waals surface area contributed by atoms with Gasteiger partial charge in [0.2, 0.25) is 0 Å². The molecule has 0 aromatic heterocycles. The molecule has 5 aliphatic rings. The summed E-state index contributed by atoms with van der Waals surface area (Å²) in [4.78, 5) is 0. The van der Waals surface area contributed by atoms with E-state index in [4.69, 9.17) is 18.6 Å². The maximum absolute atomic E-state index is 6.50. The molecule has 1 unspecified atom stereocenters. The predicted octanol–water partition coefficient (Wildman–Crippen LogP) is 6.24. The summed E-state index contributed by atoms with van der Waals surface area (Å²) in [5.74, 6) is 0.574. The number of benzene rings is 2. The molecule has 1 spiro atoms. The summed E-state index contributed by atoms with van der Waals surface area (Å²) in [5.41, 5.74) is 9.18. The molecule has 0 saturated carbocycles. The van der Waals surface area contributed by atoms with Crippen molar-refractivity contribution in [1.82, 2.24) is 0 Å². The summed E-state index contributed by atoms with van der Waals surface area (Å²) < 4.78 is 26.0. The van der Waals surface area contributed by atoms with E-state index in [1.165, 1.54) is 27.8 Å². The van der Waals surface area contributed by atoms with E-state index in [1.807, 2.05) is 0 Å². The Hall–Kier alpha value is -2.11. The van der Waals surface area contributed by atoms with E-state index in [9.17, 15) is 0 Å². The van der Waals surface area contributed by atoms with Crippen LogP contribution in [0.4, 0.5) is 0 Å². The molecule has 3 aliphatic carbocycles. The second-order valence-electron chi connectivity index (χ2n) is 14.8. The van der Waals surface area contributed by atoms with Gasteiger partial charge in [0.25, 0.3) is 0 Å². The van der Waals surface area contributed by atoms with Crippen molar-refractivity contribution in [3.05, 3.63) is 70.8 Å². The minimum absolute atomic E-state index is 0.114. The molecule has 2 aliphatic heterocycles. The van der Waals surface area contributed by atoms with Crippen molar-refractivity contribution in [2.45, 2.75) is 109 Å². The number of hydrogen-bond donors (Lipinski definition) is 0. The van der Waals surface area contributed by atoms with E-state index in [2.05, 4.69) is 111 Å². The minimum Gasteiger partial charge on any atom is -0.399 e. The molecule has 40 heavy (non-hydrogen) atoms. The summed E-state index contributed by atoms with van der Waals surface area (Å²) in [7, 11) is -0.752. The van der Waals surface area contributed by atoms with Crippen molar-refractivity contribution in [1.29, 1.82) is 0 Å². The largest absolute Gasteiger partial charge is 0.494 e. The first kappa shape index (κ1) is 26.8. The normalized spacial score (nSPS) is 27.9. The summed E-state index contributed by atoms with van der Waals surface area (Å²) in [6.07, 6.45) is 7.94. The molecule has 7 rings (SSSR count). The zero-order chi connectivity index (χ0) is 28.5. The fraction of sp³-hybridized carbons (Fsp3) is 0.529. The molecule has 0 radical (unpaired) electrons. The lowest BCUT2D eigenvalue weighted by molar-refractivity contribution is 0.00578. The lowest BCUT2D eigenvalue weighted by atomic mass is 9.69. The van der Waals surface area contributed by atoms with Gasteiger partial charge in [-0.1, -0.05) is 61.0 Å². The third-order valence-corrected chi connectivity index (χ3v) is 11.3. The van der Waals surface area contributed by atoms with Gasteiger partial charge in [0.05, 0.1) is 22.4 Å². The van der Waals surface area contributed by atoms with Crippen molar-refractivity contribution >= 4 is 25.2 Å². The number of hydrogen-bond acceptors (Lipinski definition) is 4. The van der Waals surface area contributed by atoms with E-state index >= 15 is 0 Å². The fourth-order valence-electron chi connectivity index (χ4n) is 7.32. The molecule has 6 heteroatoms. The first-order chi connectivity index (χ1) is 18.6. The monoisotopic (exact) mass is 536 g/mol. The van der Waals surface area contributed by atoms with Crippen LogP contribution in [0.3, 0.4) is 0 Å². The van der Waals surface area contributed by atoms with Gasteiger partial charge < -0.3 is 18.6 Å². The second-order valence-corrected chi connectivity index (χ2v) is 14.8. The lowest BCUT2D eigenvalue weighted by Gasteiger charge is -2.32. The average molecular weight is 536 g/mol. The van der Waals surface area contributed by atoms with Crippen molar-refractivity contribution in [3.63, 3.8) is 0 Å². The second kappa shape index (κ2) is 8.25. The van der Waals surface area contributed by atoms with Crippen LogP contribution in [0.2, 0.25) is 0 Å². The van der Waals surface area contributed by atoms with Gasteiger partial charge in [0.1, 0.15) is 0 Å². The van der Waals surface area contributed by atoms with Crippen molar-refractivity contribution in [3.8, 4) is 11.1 Å². The molecule has 4 nitrogen and oxygen atoms in total. The molecule has 2 aromatic rings.